The van der Waals surface area contributed by atoms with E-state index in [0.717, 1.165) is 11.8 Å². The van der Waals surface area contributed by atoms with Crippen LogP contribution in [0, 0.1) is 5.92 Å². The highest BCUT2D eigenvalue weighted by atomic mass is 35.5. The van der Waals surface area contributed by atoms with Gasteiger partial charge in [-0.05, 0) is 31.7 Å². The molecule has 0 amide bonds. The third kappa shape index (κ3) is 5.21. The lowest BCUT2D eigenvalue weighted by molar-refractivity contribution is 0.282. The minimum atomic E-state index is 0.706. The van der Waals surface area contributed by atoms with E-state index in [9.17, 15) is 0 Å². The van der Waals surface area contributed by atoms with E-state index in [0.29, 0.717) is 6.04 Å². The molecule has 0 radical (unpaired) electrons. The average Bonchev–Trinajstić information content (AvgIpc) is 2.29. The Hall–Kier alpha value is 0.250. The molecule has 1 aliphatic rings. The number of unbranched alkanes of at least 4 members (excludes halogenated alkanes) is 3. The van der Waals surface area contributed by atoms with Crippen LogP contribution in [0.3, 0.4) is 0 Å². The molecule has 90 valence electrons. The molecule has 0 aromatic carbocycles. The molecule has 0 saturated heterocycles. The van der Waals surface area contributed by atoms with Crippen molar-refractivity contribution in [2.24, 2.45) is 5.92 Å². The van der Waals surface area contributed by atoms with Crippen LogP contribution < -0.4 is 5.32 Å². The number of alkyl halides is 1. The van der Waals surface area contributed by atoms with Crippen LogP contribution in [-0.4, -0.2) is 18.5 Å². The second-order valence-corrected chi connectivity index (χ2v) is 5.13. The fourth-order valence-corrected chi connectivity index (χ4v) is 2.87. The third-order valence-corrected chi connectivity index (χ3v) is 3.94. The molecule has 2 unspecified atom stereocenters. The molecule has 0 aliphatic heterocycles. The van der Waals surface area contributed by atoms with E-state index < -0.39 is 0 Å². The van der Waals surface area contributed by atoms with Gasteiger partial charge >= 0.3 is 0 Å². The molecule has 0 aromatic heterocycles. The molecular formula is C13H26ClN. The highest BCUT2D eigenvalue weighted by Crippen LogP contribution is 2.25. The molecule has 0 bridgehead atoms. The summed E-state index contributed by atoms with van der Waals surface area (Å²) in [5.74, 6) is 1.57. The number of nitrogens with one attached hydrogen (secondary N) is 1. The van der Waals surface area contributed by atoms with Gasteiger partial charge in [-0.2, -0.15) is 0 Å². The predicted octanol–water partition coefficient (Wildman–Crippen LogP) is 3.95. The first-order chi connectivity index (χ1) is 7.38. The summed E-state index contributed by atoms with van der Waals surface area (Å²) in [7, 11) is 0. The minimum Gasteiger partial charge on any atom is -0.314 e. The number of hydrogen-bond acceptors (Lipinski definition) is 1. The Labute approximate surface area is 100.0 Å². The van der Waals surface area contributed by atoms with Crippen molar-refractivity contribution in [2.75, 3.05) is 12.4 Å². The van der Waals surface area contributed by atoms with Gasteiger partial charge in [-0.1, -0.05) is 39.0 Å². The molecule has 1 fully saturated rings. The van der Waals surface area contributed by atoms with Crippen molar-refractivity contribution in [1.82, 2.24) is 5.32 Å². The Morgan fingerprint density at radius 1 is 1.13 bits per heavy atom. The molecule has 1 saturated carbocycles. The van der Waals surface area contributed by atoms with Crippen LogP contribution in [0.5, 0.6) is 0 Å². The lowest BCUT2D eigenvalue weighted by atomic mass is 9.86. The summed E-state index contributed by atoms with van der Waals surface area (Å²) in [5.41, 5.74) is 0. The first-order valence-electron chi connectivity index (χ1n) is 6.67. The lowest BCUT2D eigenvalue weighted by Gasteiger charge is -2.31. The summed E-state index contributed by atoms with van der Waals surface area (Å²) in [6, 6.07) is 0.706. The molecule has 15 heavy (non-hydrogen) atoms. The van der Waals surface area contributed by atoms with E-state index in [-0.39, 0.29) is 0 Å². The Balaban J connectivity index is 2.07. The molecule has 1 nitrogen and oxygen atoms in total. The topological polar surface area (TPSA) is 12.0 Å². The van der Waals surface area contributed by atoms with E-state index in [1.54, 1.807) is 0 Å². The summed E-state index contributed by atoms with van der Waals surface area (Å²) in [5, 5.41) is 3.70. The van der Waals surface area contributed by atoms with E-state index in [4.69, 9.17) is 11.6 Å². The zero-order chi connectivity index (χ0) is 10.9. The normalized spacial score (nSPS) is 26.8. The smallest absolute Gasteiger partial charge is 0.0266 e. The molecule has 0 aromatic rings. The van der Waals surface area contributed by atoms with Gasteiger partial charge in [0.05, 0.1) is 0 Å². The Morgan fingerprint density at radius 3 is 2.67 bits per heavy atom. The van der Waals surface area contributed by atoms with Crippen molar-refractivity contribution in [3.8, 4) is 0 Å². The number of hydrogen-bond donors (Lipinski definition) is 1. The highest BCUT2D eigenvalue weighted by Gasteiger charge is 2.23. The summed E-state index contributed by atoms with van der Waals surface area (Å²) >= 11 is 6.00. The van der Waals surface area contributed by atoms with Gasteiger partial charge in [0.25, 0.3) is 0 Å². The maximum Gasteiger partial charge on any atom is 0.0266 e. The van der Waals surface area contributed by atoms with Gasteiger partial charge in [-0.3, -0.25) is 0 Å². The van der Waals surface area contributed by atoms with Crippen LogP contribution in [0.2, 0.25) is 0 Å². The molecule has 1 aliphatic carbocycles. The highest BCUT2D eigenvalue weighted by molar-refractivity contribution is 6.18. The van der Waals surface area contributed by atoms with Crippen molar-refractivity contribution < 1.29 is 0 Å². The average molecular weight is 232 g/mol. The SMILES string of the molecule is CCCCCCNC1CCCCC1CCl. The molecule has 0 spiro atoms. The van der Waals surface area contributed by atoms with Crippen molar-refractivity contribution in [3.05, 3.63) is 0 Å². The van der Waals surface area contributed by atoms with Gasteiger partial charge in [-0.15, -0.1) is 11.6 Å². The Bertz CT molecular complexity index is 149. The predicted molar refractivity (Wildman–Crippen MR) is 68.6 cm³/mol. The number of halogens is 1. The quantitative estimate of drug-likeness (QED) is 0.517. The van der Waals surface area contributed by atoms with E-state index in [1.165, 1.54) is 57.9 Å². The summed E-state index contributed by atoms with van der Waals surface area (Å²) in [6.07, 6.45) is 10.9. The van der Waals surface area contributed by atoms with Crippen LogP contribution in [0.25, 0.3) is 0 Å². The maximum absolute atomic E-state index is 6.00. The zero-order valence-corrected chi connectivity index (χ0v) is 10.9. The molecular weight excluding hydrogens is 206 g/mol. The van der Waals surface area contributed by atoms with Crippen molar-refractivity contribution in [3.63, 3.8) is 0 Å². The maximum atomic E-state index is 6.00. The summed E-state index contributed by atoms with van der Waals surface area (Å²) in [4.78, 5) is 0. The lowest BCUT2D eigenvalue weighted by Crippen LogP contribution is -2.39. The zero-order valence-electron chi connectivity index (χ0n) is 10.1. The monoisotopic (exact) mass is 231 g/mol. The molecule has 0 heterocycles. The fourth-order valence-electron chi connectivity index (χ4n) is 2.50. The fraction of sp³-hybridized carbons (Fsp3) is 1.00. The van der Waals surface area contributed by atoms with Crippen LogP contribution in [0.4, 0.5) is 0 Å². The van der Waals surface area contributed by atoms with Gasteiger partial charge in [0.2, 0.25) is 0 Å². The third-order valence-electron chi connectivity index (χ3n) is 3.54. The van der Waals surface area contributed by atoms with Crippen LogP contribution in [0.1, 0.15) is 58.3 Å². The molecule has 1 N–H and O–H groups in total. The van der Waals surface area contributed by atoms with Crippen molar-refractivity contribution in [2.45, 2.75) is 64.3 Å². The van der Waals surface area contributed by atoms with Crippen molar-refractivity contribution in [1.29, 1.82) is 0 Å². The minimum absolute atomic E-state index is 0.706. The van der Waals surface area contributed by atoms with Gasteiger partial charge < -0.3 is 5.32 Å². The largest absolute Gasteiger partial charge is 0.314 e. The molecule has 1 rings (SSSR count). The standard InChI is InChI=1S/C13H26ClN/c1-2-3-4-7-10-15-13-9-6-5-8-12(13)11-14/h12-13,15H,2-11H2,1H3. The van der Waals surface area contributed by atoms with E-state index >= 15 is 0 Å². The van der Waals surface area contributed by atoms with Crippen molar-refractivity contribution >= 4 is 11.6 Å². The van der Waals surface area contributed by atoms with Crippen LogP contribution in [-0.2, 0) is 0 Å². The first kappa shape index (κ1) is 13.3. The Kier molecular flexibility index (Phi) is 7.46. The van der Waals surface area contributed by atoms with E-state index in [1.807, 2.05) is 0 Å². The van der Waals surface area contributed by atoms with Gasteiger partial charge in [0, 0.05) is 11.9 Å². The van der Waals surface area contributed by atoms with Crippen LogP contribution in [0.15, 0.2) is 0 Å². The first-order valence-corrected chi connectivity index (χ1v) is 7.21. The van der Waals surface area contributed by atoms with Crippen LogP contribution >= 0.6 is 11.6 Å². The van der Waals surface area contributed by atoms with Gasteiger partial charge in [-0.25, -0.2) is 0 Å². The molecule has 2 heteroatoms. The molecule has 2 atom stereocenters. The number of rotatable bonds is 7. The summed E-state index contributed by atoms with van der Waals surface area (Å²) < 4.78 is 0. The van der Waals surface area contributed by atoms with Gasteiger partial charge in [0.1, 0.15) is 0 Å². The van der Waals surface area contributed by atoms with E-state index in [2.05, 4.69) is 12.2 Å². The second-order valence-electron chi connectivity index (χ2n) is 4.82. The second kappa shape index (κ2) is 8.41. The summed E-state index contributed by atoms with van der Waals surface area (Å²) in [6.45, 7) is 3.45. The Morgan fingerprint density at radius 2 is 1.93 bits per heavy atom. The van der Waals surface area contributed by atoms with Gasteiger partial charge in [0.15, 0.2) is 0 Å².